The molecule has 178 valence electrons. The van der Waals surface area contributed by atoms with Crippen molar-refractivity contribution in [3.05, 3.63) is 70.4 Å². The molecule has 1 amide bonds. The van der Waals surface area contributed by atoms with E-state index in [-0.39, 0.29) is 28.4 Å². The smallest absolute Gasteiger partial charge is 0.409 e. The summed E-state index contributed by atoms with van der Waals surface area (Å²) in [4.78, 5) is 28.3. The topological polar surface area (TPSA) is 156 Å². The summed E-state index contributed by atoms with van der Waals surface area (Å²) in [6, 6.07) is 10.6. The maximum atomic E-state index is 12.8. The van der Waals surface area contributed by atoms with Crippen LogP contribution in [0, 0.1) is 0 Å². The molecular weight excluding hydrogens is 460 g/mol. The van der Waals surface area contributed by atoms with Crippen molar-refractivity contribution >= 4 is 38.9 Å². The fraction of sp³-hybridized carbons (Fsp3) is 0.227. The fourth-order valence-corrected chi connectivity index (χ4v) is 3.70. The number of nitrogens with zero attached hydrogens (tertiary/aromatic N) is 2. The highest BCUT2D eigenvalue weighted by Crippen LogP contribution is 2.27. The number of hydrogen-bond donors (Lipinski definition) is 4. The van der Waals surface area contributed by atoms with E-state index in [0.29, 0.717) is 11.7 Å². The van der Waals surface area contributed by atoms with Crippen molar-refractivity contribution in [1.82, 2.24) is 10.2 Å². The third-order valence-corrected chi connectivity index (χ3v) is 5.25. The third kappa shape index (κ3) is 6.27. The number of carbonyl (C=O) groups is 1. The molecule has 5 N–H and O–H groups in total. The predicted molar refractivity (Wildman–Crippen MR) is 129 cm³/mol. The van der Waals surface area contributed by atoms with E-state index in [2.05, 4.69) is 25.8 Å². The average Bonchev–Trinajstić information content (AvgIpc) is 3.25. The number of hydrogen-bond acceptors (Lipinski definition) is 10. The van der Waals surface area contributed by atoms with Gasteiger partial charge < -0.3 is 24.9 Å². The molecule has 2 heterocycles. The fourth-order valence-electron chi connectivity index (χ4n) is 2.99. The van der Waals surface area contributed by atoms with Crippen LogP contribution in [0.1, 0.15) is 29.1 Å². The Bertz CT molecular complexity index is 1240. The summed E-state index contributed by atoms with van der Waals surface area (Å²) >= 11 is 1.10. The van der Waals surface area contributed by atoms with Crippen molar-refractivity contribution in [1.29, 1.82) is 0 Å². The minimum absolute atomic E-state index is 0.0602. The van der Waals surface area contributed by atoms with Crippen LogP contribution >= 0.6 is 11.3 Å². The van der Waals surface area contributed by atoms with Crippen LogP contribution in [0.25, 0.3) is 0 Å². The van der Waals surface area contributed by atoms with Crippen molar-refractivity contribution in [3.63, 3.8) is 0 Å². The molecule has 3 aromatic rings. The number of nitrogens with one attached hydrogen (secondary N) is 3. The number of allylic oxidation sites excluding steroid dienone is 1. The SMILES string of the molecule is COC[C@H](Nc1cc(C(=O)Nc2nnc(/[NH+]=C(C)/C=C\N)s2)oc(=O)c1OC)c1ccccc1. The number of rotatable bonds is 10. The first-order valence-electron chi connectivity index (χ1n) is 10.1. The summed E-state index contributed by atoms with van der Waals surface area (Å²) < 4.78 is 15.7. The van der Waals surface area contributed by atoms with Crippen LogP contribution in [0.4, 0.5) is 16.0 Å². The number of carbonyl (C=O) groups excluding carboxylic acids is 1. The van der Waals surface area contributed by atoms with E-state index in [1.807, 2.05) is 30.3 Å². The number of benzene rings is 1. The van der Waals surface area contributed by atoms with Gasteiger partial charge in [0, 0.05) is 13.2 Å². The van der Waals surface area contributed by atoms with Gasteiger partial charge in [-0.25, -0.2) is 9.79 Å². The molecule has 12 heteroatoms. The van der Waals surface area contributed by atoms with Gasteiger partial charge in [-0.2, -0.15) is 0 Å². The van der Waals surface area contributed by atoms with Crippen LogP contribution in [0.3, 0.4) is 0 Å². The van der Waals surface area contributed by atoms with Gasteiger partial charge in [0.2, 0.25) is 10.9 Å². The standard InChI is InChI=1S/C22H24N6O5S/c1-13(9-10-23)24-21-27-28-22(34-21)26-19(29)17-11-15(18(32-3)20(30)33-17)25-16(12-31-2)14-7-5-4-6-8-14/h4-11,16,25H,12,23H2,1-3H3,(H,26,28,29)/p+1/b10-9-,24-13+/t16-/m0/s1. The first-order chi connectivity index (χ1) is 16.4. The van der Waals surface area contributed by atoms with Crippen molar-refractivity contribution in [2.45, 2.75) is 13.0 Å². The van der Waals surface area contributed by atoms with Crippen LogP contribution in [-0.2, 0) is 4.74 Å². The number of nitrogens with two attached hydrogens (primary N) is 1. The molecule has 0 saturated heterocycles. The lowest BCUT2D eigenvalue weighted by Gasteiger charge is -2.21. The summed E-state index contributed by atoms with van der Waals surface area (Å²) in [6.45, 7) is 2.11. The van der Waals surface area contributed by atoms with Crippen LogP contribution in [0.15, 0.2) is 57.9 Å². The van der Waals surface area contributed by atoms with Crippen LogP contribution in [0.5, 0.6) is 5.75 Å². The summed E-state index contributed by atoms with van der Waals surface area (Å²) in [6.07, 6.45) is 3.05. The van der Waals surface area contributed by atoms with Gasteiger partial charge in [-0.1, -0.05) is 30.3 Å². The van der Waals surface area contributed by atoms with Gasteiger partial charge in [0.15, 0.2) is 5.76 Å². The second kappa shape index (κ2) is 11.7. The average molecular weight is 486 g/mol. The number of anilines is 2. The highest BCUT2D eigenvalue weighted by Gasteiger charge is 2.22. The van der Waals surface area contributed by atoms with Gasteiger partial charge in [0.05, 0.1) is 30.5 Å². The highest BCUT2D eigenvalue weighted by molar-refractivity contribution is 7.18. The molecule has 0 spiro atoms. The molecule has 0 fully saturated rings. The van der Waals surface area contributed by atoms with Gasteiger partial charge in [0.25, 0.3) is 5.91 Å². The van der Waals surface area contributed by atoms with Crippen LogP contribution in [-0.4, -0.2) is 42.6 Å². The predicted octanol–water partition coefficient (Wildman–Crippen LogP) is 1.20. The molecule has 0 saturated carbocycles. The first-order valence-corrected chi connectivity index (χ1v) is 10.9. The lowest BCUT2D eigenvalue weighted by atomic mass is 10.1. The zero-order chi connectivity index (χ0) is 24.5. The molecule has 1 aromatic carbocycles. The Balaban J connectivity index is 1.86. The molecule has 34 heavy (non-hydrogen) atoms. The van der Waals surface area contributed by atoms with Crippen molar-refractivity contribution < 1.29 is 23.7 Å². The highest BCUT2D eigenvalue weighted by atomic mass is 32.1. The Hall–Kier alpha value is -4.03. The minimum atomic E-state index is -0.805. The number of aromatic nitrogens is 2. The first kappa shape index (κ1) is 24.6. The van der Waals surface area contributed by atoms with E-state index >= 15 is 0 Å². The quantitative estimate of drug-likeness (QED) is 0.310. The van der Waals surface area contributed by atoms with Crippen LogP contribution < -0.4 is 31.7 Å². The van der Waals surface area contributed by atoms with E-state index in [1.165, 1.54) is 19.4 Å². The maximum Gasteiger partial charge on any atom is 0.409 e. The van der Waals surface area contributed by atoms with E-state index in [4.69, 9.17) is 19.6 Å². The summed E-state index contributed by atoms with van der Waals surface area (Å²) in [5, 5.41) is 14.3. The Morgan fingerprint density at radius 3 is 2.74 bits per heavy atom. The Morgan fingerprint density at radius 2 is 2.06 bits per heavy atom. The zero-order valence-electron chi connectivity index (χ0n) is 18.8. The Kier molecular flexibility index (Phi) is 8.48. The molecule has 11 nitrogen and oxygen atoms in total. The lowest BCUT2D eigenvalue weighted by molar-refractivity contribution is -0.353. The van der Waals surface area contributed by atoms with E-state index in [0.717, 1.165) is 22.6 Å². The van der Waals surface area contributed by atoms with Gasteiger partial charge in [-0.3, -0.25) is 10.1 Å². The molecule has 0 aliphatic heterocycles. The lowest BCUT2D eigenvalue weighted by Crippen LogP contribution is -2.65. The summed E-state index contributed by atoms with van der Waals surface area (Å²) in [5.74, 6) is -0.956. The zero-order valence-corrected chi connectivity index (χ0v) is 19.6. The molecular formula is C22H25N6O5S+. The Labute approximate surface area is 199 Å². The number of methoxy groups -OCH3 is 2. The Morgan fingerprint density at radius 1 is 1.29 bits per heavy atom. The van der Waals surface area contributed by atoms with E-state index < -0.39 is 11.5 Å². The van der Waals surface area contributed by atoms with Crippen molar-refractivity contribution in [2.75, 3.05) is 31.5 Å². The van der Waals surface area contributed by atoms with Gasteiger partial charge >= 0.3 is 10.8 Å². The normalized spacial score (nSPS) is 12.5. The molecule has 0 aliphatic rings. The summed E-state index contributed by atoms with van der Waals surface area (Å²) in [5.41, 5.74) is 6.51. The second-order valence-electron chi connectivity index (χ2n) is 6.94. The van der Waals surface area contributed by atoms with Gasteiger partial charge in [-0.15, -0.1) is 0 Å². The number of amides is 1. The largest absolute Gasteiger partial charge is 0.488 e. The van der Waals surface area contributed by atoms with Crippen molar-refractivity contribution in [2.24, 2.45) is 5.73 Å². The molecule has 0 unspecified atom stereocenters. The van der Waals surface area contributed by atoms with Crippen molar-refractivity contribution in [3.8, 4) is 5.75 Å². The monoisotopic (exact) mass is 485 g/mol. The molecule has 2 aromatic heterocycles. The van der Waals surface area contributed by atoms with Gasteiger partial charge in [0.1, 0.15) is 5.71 Å². The summed E-state index contributed by atoms with van der Waals surface area (Å²) in [7, 11) is 2.92. The second-order valence-corrected chi connectivity index (χ2v) is 7.92. The maximum absolute atomic E-state index is 12.8. The molecule has 3 rings (SSSR count). The molecule has 0 radical (unpaired) electrons. The van der Waals surface area contributed by atoms with Crippen LogP contribution in [0.2, 0.25) is 0 Å². The molecule has 1 atom stereocenters. The molecule has 0 bridgehead atoms. The third-order valence-electron chi connectivity index (χ3n) is 4.50. The van der Waals surface area contributed by atoms with E-state index in [9.17, 15) is 9.59 Å². The molecule has 0 aliphatic carbocycles. The minimum Gasteiger partial charge on any atom is -0.488 e. The number of ether oxygens (including phenoxy) is 2. The van der Waals surface area contributed by atoms with Gasteiger partial charge in [-0.05, 0) is 41.2 Å². The van der Waals surface area contributed by atoms with E-state index in [1.54, 1.807) is 20.1 Å².